The van der Waals surface area contributed by atoms with Crippen molar-refractivity contribution in [2.75, 3.05) is 0 Å². The molecule has 0 spiro atoms. The number of nitrogens with zero attached hydrogens (tertiary/aromatic N) is 1. The monoisotopic (exact) mass is 282 g/mol. The molecule has 2 aromatic carbocycles. The van der Waals surface area contributed by atoms with Crippen LogP contribution in [0.5, 0.6) is 0 Å². The molecule has 4 nitrogen and oxygen atoms in total. The molecule has 4 heteroatoms. The molecule has 108 valence electrons. The van der Waals surface area contributed by atoms with Gasteiger partial charge in [-0.3, -0.25) is 10.1 Å². The number of benzene rings is 2. The van der Waals surface area contributed by atoms with Crippen molar-refractivity contribution >= 4 is 5.69 Å². The fourth-order valence-corrected chi connectivity index (χ4v) is 2.88. The Labute approximate surface area is 124 Å². The molecular formula is C17H18N2O2. The van der Waals surface area contributed by atoms with Crippen molar-refractivity contribution in [2.45, 2.75) is 31.3 Å². The Kier molecular flexibility index (Phi) is 3.71. The van der Waals surface area contributed by atoms with E-state index < -0.39 is 0 Å². The van der Waals surface area contributed by atoms with Gasteiger partial charge in [-0.15, -0.1) is 0 Å². The van der Waals surface area contributed by atoms with Crippen LogP contribution in [0.3, 0.4) is 0 Å². The highest BCUT2D eigenvalue weighted by atomic mass is 16.6. The minimum atomic E-state index is -0.310. The number of rotatable bonds is 5. The summed E-state index contributed by atoms with van der Waals surface area (Å²) in [6.45, 7) is 1.99. The van der Waals surface area contributed by atoms with Crippen LogP contribution in [0.1, 0.15) is 36.4 Å². The topological polar surface area (TPSA) is 55.2 Å². The zero-order valence-corrected chi connectivity index (χ0v) is 11.9. The molecule has 1 aliphatic rings. The van der Waals surface area contributed by atoms with Gasteiger partial charge in [-0.05, 0) is 18.9 Å². The molecule has 2 aromatic rings. The Bertz CT molecular complexity index is 642. The first-order chi connectivity index (χ1) is 10.2. The van der Waals surface area contributed by atoms with Gasteiger partial charge in [0.15, 0.2) is 0 Å². The fourth-order valence-electron chi connectivity index (χ4n) is 2.88. The maximum atomic E-state index is 11.1. The average Bonchev–Trinajstić information content (AvgIpc) is 3.27. The number of nitro groups is 1. The summed E-state index contributed by atoms with van der Waals surface area (Å²) in [5.41, 5.74) is 2.28. The van der Waals surface area contributed by atoms with Crippen LogP contribution >= 0.6 is 0 Å². The highest BCUT2D eigenvalue weighted by molar-refractivity contribution is 5.42. The third-order valence-corrected chi connectivity index (χ3v) is 4.08. The third-order valence-electron chi connectivity index (χ3n) is 4.08. The van der Waals surface area contributed by atoms with E-state index in [2.05, 4.69) is 29.6 Å². The SMILES string of the molecule is CC(NC1CC1c1ccccc1)c1ccccc1[N+](=O)[O-]. The van der Waals surface area contributed by atoms with Gasteiger partial charge in [0, 0.05) is 29.6 Å². The summed E-state index contributed by atoms with van der Waals surface area (Å²) in [6.07, 6.45) is 1.09. The van der Waals surface area contributed by atoms with Crippen molar-refractivity contribution in [2.24, 2.45) is 0 Å². The second kappa shape index (κ2) is 5.66. The van der Waals surface area contributed by atoms with E-state index in [-0.39, 0.29) is 16.7 Å². The van der Waals surface area contributed by atoms with Gasteiger partial charge in [-0.25, -0.2) is 0 Å². The van der Waals surface area contributed by atoms with Gasteiger partial charge in [-0.1, -0.05) is 48.5 Å². The maximum Gasteiger partial charge on any atom is 0.274 e. The number of hydrogen-bond donors (Lipinski definition) is 1. The Balaban J connectivity index is 1.69. The summed E-state index contributed by atoms with van der Waals surface area (Å²) in [5, 5.41) is 14.6. The third kappa shape index (κ3) is 2.95. The zero-order valence-electron chi connectivity index (χ0n) is 11.9. The molecule has 3 atom stereocenters. The summed E-state index contributed by atoms with van der Waals surface area (Å²) in [6, 6.07) is 17.7. The Morgan fingerprint density at radius 1 is 1.14 bits per heavy atom. The van der Waals surface area contributed by atoms with Crippen molar-refractivity contribution in [1.82, 2.24) is 5.32 Å². The maximum absolute atomic E-state index is 11.1. The molecule has 1 N–H and O–H groups in total. The first kappa shape index (κ1) is 13.8. The number of hydrogen-bond acceptors (Lipinski definition) is 3. The van der Waals surface area contributed by atoms with E-state index in [0.717, 1.165) is 12.0 Å². The van der Waals surface area contributed by atoms with E-state index in [0.29, 0.717) is 12.0 Å². The van der Waals surface area contributed by atoms with Crippen molar-refractivity contribution in [3.63, 3.8) is 0 Å². The predicted octanol–water partition coefficient (Wildman–Crippen LogP) is 3.80. The van der Waals surface area contributed by atoms with E-state index in [1.165, 1.54) is 5.56 Å². The van der Waals surface area contributed by atoms with Gasteiger partial charge in [0.2, 0.25) is 0 Å². The first-order valence-electron chi connectivity index (χ1n) is 7.21. The first-order valence-corrected chi connectivity index (χ1v) is 7.21. The molecule has 3 rings (SSSR count). The van der Waals surface area contributed by atoms with Crippen molar-refractivity contribution < 1.29 is 4.92 Å². The van der Waals surface area contributed by atoms with E-state index in [1.54, 1.807) is 12.1 Å². The van der Waals surface area contributed by atoms with Crippen LogP contribution in [0, 0.1) is 10.1 Å². The second-order valence-corrected chi connectivity index (χ2v) is 5.56. The highest BCUT2D eigenvalue weighted by Gasteiger charge is 2.39. The van der Waals surface area contributed by atoms with Crippen LogP contribution in [0.15, 0.2) is 54.6 Å². The van der Waals surface area contributed by atoms with Crippen molar-refractivity contribution in [3.8, 4) is 0 Å². The lowest BCUT2D eigenvalue weighted by Crippen LogP contribution is -2.22. The van der Waals surface area contributed by atoms with Crippen LogP contribution in [-0.2, 0) is 0 Å². The van der Waals surface area contributed by atoms with E-state index in [1.807, 2.05) is 25.1 Å². The molecule has 3 unspecified atom stereocenters. The lowest BCUT2D eigenvalue weighted by atomic mass is 10.1. The van der Waals surface area contributed by atoms with Gasteiger partial charge in [0.1, 0.15) is 0 Å². The lowest BCUT2D eigenvalue weighted by molar-refractivity contribution is -0.385. The lowest BCUT2D eigenvalue weighted by Gasteiger charge is -2.14. The summed E-state index contributed by atoms with van der Waals surface area (Å²) in [4.78, 5) is 10.8. The van der Waals surface area contributed by atoms with Gasteiger partial charge in [0.25, 0.3) is 5.69 Å². The van der Waals surface area contributed by atoms with E-state index >= 15 is 0 Å². The molecule has 1 aliphatic carbocycles. The van der Waals surface area contributed by atoms with Crippen LogP contribution < -0.4 is 5.32 Å². The molecule has 0 heterocycles. The molecule has 1 fully saturated rings. The summed E-state index contributed by atoms with van der Waals surface area (Å²) < 4.78 is 0. The summed E-state index contributed by atoms with van der Waals surface area (Å²) in [5.74, 6) is 0.524. The zero-order chi connectivity index (χ0) is 14.8. The summed E-state index contributed by atoms with van der Waals surface area (Å²) in [7, 11) is 0. The molecule has 0 saturated heterocycles. The van der Waals surface area contributed by atoms with E-state index in [9.17, 15) is 10.1 Å². The Morgan fingerprint density at radius 2 is 1.81 bits per heavy atom. The van der Waals surface area contributed by atoms with Gasteiger partial charge in [-0.2, -0.15) is 0 Å². The smallest absolute Gasteiger partial charge is 0.274 e. The number of nitrogens with one attached hydrogen (secondary N) is 1. The van der Waals surface area contributed by atoms with Crippen LogP contribution in [-0.4, -0.2) is 11.0 Å². The second-order valence-electron chi connectivity index (χ2n) is 5.56. The number of para-hydroxylation sites is 1. The molecule has 0 amide bonds. The van der Waals surface area contributed by atoms with E-state index in [4.69, 9.17) is 0 Å². The Hall–Kier alpha value is -2.20. The van der Waals surface area contributed by atoms with Crippen LogP contribution in [0.25, 0.3) is 0 Å². The predicted molar refractivity (Wildman–Crippen MR) is 82.2 cm³/mol. The molecule has 21 heavy (non-hydrogen) atoms. The van der Waals surface area contributed by atoms with Crippen LogP contribution in [0.4, 0.5) is 5.69 Å². The fraction of sp³-hybridized carbons (Fsp3) is 0.294. The normalized spacial score (nSPS) is 21.8. The van der Waals surface area contributed by atoms with Gasteiger partial charge in [0.05, 0.1) is 4.92 Å². The molecule has 0 bridgehead atoms. The molecule has 1 saturated carbocycles. The van der Waals surface area contributed by atoms with Gasteiger partial charge < -0.3 is 5.32 Å². The molecule has 0 radical (unpaired) electrons. The minimum absolute atomic E-state index is 0.0229. The average molecular weight is 282 g/mol. The molecular weight excluding hydrogens is 264 g/mol. The summed E-state index contributed by atoms with van der Waals surface area (Å²) >= 11 is 0. The van der Waals surface area contributed by atoms with Gasteiger partial charge >= 0.3 is 0 Å². The minimum Gasteiger partial charge on any atom is -0.307 e. The van der Waals surface area contributed by atoms with Crippen molar-refractivity contribution in [1.29, 1.82) is 0 Å². The number of nitro benzene ring substituents is 1. The molecule has 0 aromatic heterocycles. The molecule has 0 aliphatic heterocycles. The largest absolute Gasteiger partial charge is 0.307 e. The standard InChI is InChI=1S/C17H18N2O2/c1-12(14-9-5-6-10-17(14)19(20)21)18-16-11-15(16)13-7-3-2-4-8-13/h2-10,12,15-16,18H,11H2,1H3. The Morgan fingerprint density at radius 3 is 2.52 bits per heavy atom. The van der Waals surface area contributed by atoms with Crippen molar-refractivity contribution in [3.05, 3.63) is 75.8 Å². The quantitative estimate of drug-likeness (QED) is 0.670. The highest BCUT2D eigenvalue weighted by Crippen LogP contribution is 2.42. The van der Waals surface area contributed by atoms with Crippen LogP contribution in [0.2, 0.25) is 0 Å².